The summed E-state index contributed by atoms with van der Waals surface area (Å²) in [6.45, 7) is 3.90. The standard InChI is InChI=1S/C19H23N3O2S/c23-25(24,22-12-8-17-6-4-9-20-19(17)15-22)18-7-3-5-16(13-18)14-21-10-1-2-11-21/h3-7,9,13H,1-2,8,10-12,14-15H2. The van der Waals surface area contributed by atoms with Crippen LogP contribution >= 0.6 is 0 Å². The lowest BCUT2D eigenvalue weighted by Gasteiger charge is -2.27. The van der Waals surface area contributed by atoms with Crippen LogP contribution in [0, 0.1) is 0 Å². The van der Waals surface area contributed by atoms with Crippen LogP contribution in [0.1, 0.15) is 29.7 Å². The molecule has 2 aromatic rings. The molecule has 0 aliphatic carbocycles. The van der Waals surface area contributed by atoms with Crippen molar-refractivity contribution < 1.29 is 8.42 Å². The molecule has 0 N–H and O–H groups in total. The van der Waals surface area contributed by atoms with Crippen molar-refractivity contribution in [3.8, 4) is 0 Å². The van der Waals surface area contributed by atoms with E-state index in [0.717, 1.165) is 42.9 Å². The first kappa shape index (κ1) is 16.7. The van der Waals surface area contributed by atoms with E-state index in [1.54, 1.807) is 16.6 Å². The van der Waals surface area contributed by atoms with Gasteiger partial charge in [0.15, 0.2) is 0 Å². The van der Waals surface area contributed by atoms with E-state index >= 15 is 0 Å². The fourth-order valence-corrected chi connectivity index (χ4v) is 5.16. The van der Waals surface area contributed by atoms with Crippen molar-refractivity contribution in [2.45, 2.75) is 37.2 Å². The van der Waals surface area contributed by atoms with E-state index in [1.165, 1.54) is 12.8 Å². The van der Waals surface area contributed by atoms with Crippen LogP contribution in [0.5, 0.6) is 0 Å². The number of sulfonamides is 1. The smallest absolute Gasteiger partial charge is 0.243 e. The number of likely N-dealkylation sites (tertiary alicyclic amines) is 1. The molecular formula is C19H23N3O2S. The molecule has 1 fully saturated rings. The molecule has 3 heterocycles. The van der Waals surface area contributed by atoms with E-state index in [-0.39, 0.29) is 0 Å². The monoisotopic (exact) mass is 357 g/mol. The number of benzene rings is 1. The molecule has 1 saturated heterocycles. The molecule has 2 aliphatic rings. The Morgan fingerprint density at radius 3 is 2.72 bits per heavy atom. The fourth-order valence-electron chi connectivity index (χ4n) is 3.69. The van der Waals surface area contributed by atoms with Crippen LogP contribution in [0.15, 0.2) is 47.5 Å². The number of fused-ring (bicyclic) bond motifs is 1. The maximum Gasteiger partial charge on any atom is 0.243 e. The van der Waals surface area contributed by atoms with Gasteiger partial charge < -0.3 is 0 Å². The molecule has 25 heavy (non-hydrogen) atoms. The summed E-state index contributed by atoms with van der Waals surface area (Å²) < 4.78 is 27.7. The second kappa shape index (κ2) is 6.86. The number of pyridine rings is 1. The molecule has 0 amide bonds. The van der Waals surface area contributed by atoms with E-state index in [4.69, 9.17) is 0 Å². The fraction of sp³-hybridized carbons (Fsp3) is 0.421. The Hall–Kier alpha value is -1.76. The predicted molar refractivity (Wildman–Crippen MR) is 96.5 cm³/mol. The minimum atomic E-state index is -3.49. The number of hydrogen-bond donors (Lipinski definition) is 0. The maximum absolute atomic E-state index is 13.1. The highest BCUT2D eigenvalue weighted by molar-refractivity contribution is 7.89. The third-order valence-electron chi connectivity index (χ3n) is 5.08. The Bertz CT molecular complexity index is 860. The molecule has 4 rings (SSSR count). The highest BCUT2D eigenvalue weighted by Crippen LogP contribution is 2.24. The summed E-state index contributed by atoms with van der Waals surface area (Å²) in [5, 5.41) is 0. The molecule has 0 saturated carbocycles. The topological polar surface area (TPSA) is 53.5 Å². The number of nitrogens with zero attached hydrogens (tertiary/aromatic N) is 3. The van der Waals surface area contributed by atoms with Gasteiger partial charge in [-0.2, -0.15) is 4.31 Å². The van der Waals surface area contributed by atoms with Gasteiger partial charge in [0.1, 0.15) is 0 Å². The van der Waals surface area contributed by atoms with E-state index in [1.807, 2.05) is 30.3 Å². The average molecular weight is 357 g/mol. The SMILES string of the molecule is O=S(=O)(c1cccc(CN2CCCC2)c1)N1CCc2cccnc2C1. The van der Waals surface area contributed by atoms with Gasteiger partial charge >= 0.3 is 0 Å². The van der Waals surface area contributed by atoms with Gasteiger partial charge in [0.25, 0.3) is 0 Å². The zero-order chi connectivity index (χ0) is 17.3. The van der Waals surface area contributed by atoms with Crippen molar-refractivity contribution in [2.24, 2.45) is 0 Å². The van der Waals surface area contributed by atoms with Crippen molar-refractivity contribution in [3.63, 3.8) is 0 Å². The van der Waals surface area contributed by atoms with Crippen molar-refractivity contribution in [3.05, 3.63) is 59.4 Å². The first-order valence-electron chi connectivity index (χ1n) is 8.87. The van der Waals surface area contributed by atoms with Crippen LogP contribution < -0.4 is 0 Å². The lowest BCUT2D eigenvalue weighted by Crippen LogP contribution is -2.36. The third kappa shape index (κ3) is 3.47. The van der Waals surface area contributed by atoms with Crippen molar-refractivity contribution in [2.75, 3.05) is 19.6 Å². The molecule has 1 aromatic carbocycles. The Morgan fingerprint density at radius 2 is 1.88 bits per heavy atom. The Morgan fingerprint density at radius 1 is 1.04 bits per heavy atom. The Labute approximate surface area is 149 Å². The normalized spacial score (nSPS) is 19.0. The highest BCUT2D eigenvalue weighted by atomic mass is 32.2. The number of rotatable bonds is 4. The van der Waals surface area contributed by atoms with Gasteiger partial charge in [0.05, 0.1) is 17.1 Å². The van der Waals surface area contributed by atoms with Crippen LogP contribution in [-0.4, -0.2) is 42.2 Å². The van der Waals surface area contributed by atoms with Crippen LogP contribution in [0.2, 0.25) is 0 Å². The second-order valence-electron chi connectivity index (χ2n) is 6.83. The molecular weight excluding hydrogens is 334 g/mol. The molecule has 0 atom stereocenters. The van der Waals surface area contributed by atoms with Crippen LogP contribution in [0.25, 0.3) is 0 Å². The molecule has 0 radical (unpaired) electrons. The van der Waals surface area contributed by atoms with Gasteiger partial charge in [-0.25, -0.2) is 8.42 Å². The summed E-state index contributed by atoms with van der Waals surface area (Å²) in [4.78, 5) is 7.12. The quantitative estimate of drug-likeness (QED) is 0.843. The van der Waals surface area contributed by atoms with Gasteiger partial charge in [0.2, 0.25) is 10.0 Å². The molecule has 0 spiro atoms. The summed E-state index contributed by atoms with van der Waals surface area (Å²) in [7, 11) is -3.49. The van der Waals surface area contributed by atoms with Crippen LogP contribution in [0.3, 0.4) is 0 Å². The van der Waals surface area contributed by atoms with Gasteiger partial charge in [-0.05, 0) is 61.7 Å². The minimum absolute atomic E-state index is 0.356. The number of hydrogen-bond acceptors (Lipinski definition) is 4. The molecule has 132 valence electrons. The predicted octanol–water partition coefficient (Wildman–Crippen LogP) is 2.42. The summed E-state index contributed by atoms with van der Waals surface area (Å²) in [5.74, 6) is 0. The van der Waals surface area contributed by atoms with Gasteiger partial charge in [-0.1, -0.05) is 18.2 Å². The number of aromatic nitrogens is 1. The van der Waals surface area contributed by atoms with Gasteiger partial charge in [-0.15, -0.1) is 0 Å². The summed E-state index contributed by atoms with van der Waals surface area (Å²) in [6.07, 6.45) is 4.91. The van der Waals surface area contributed by atoms with E-state index < -0.39 is 10.0 Å². The highest BCUT2D eigenvalue weighted by Gasteiger charge is 2.29. The van der Waals surface area contributed by atoms with E-state index in [2.05, 4.69) is 9.88 Å². The van der Waals surface area contributed by atoms with E-state index in [0.29, 0.717) is 18.0 Å². The molecule has 6 heteroatoms. The molecule has 0 unspecified atom stereocenters. The first-order valence-corrected chi connectivity index (χ1v) is 10.3. The largest absolute Gasteiger partial charge is 0.299 e. The van der Waals surface area contributed by atoms with E-state index in [9.17, 15) is 8.42 Å². The minimum Gasteiger partial charge on any atom is -0.299 e. The van der Waals surface area contributed by atoms with Gasteiger partial charge in [-0.3, -0.25) is 9.88 Å². The first-order chi connectivity index (χ1) is 12.1. The Balaban J connectivity index is 1.56. The Kier molecular flexibility index (Phi) is 4.58. The zero-order valence-electron chi connectivity index (χ0n) is 14.3. The van der Waals surface area contributed by atoms with Crippen LogP contribution in [0.4, 0.5) is 0 Å². The molecule has 1 aromatic heterocycles. The third-order valence-corrected chi connectivity index (χ3v) is 6.92. The summed E-state index contributed by atoms with van der Waals surface area (Å²) in [6, 6.07) is 11.4. The lowest BCUT2D eigenvalue weighted by atomic mass is 10.1. The summed E-state index contributed by atoms with van der Waals surface area (Å²) in [5.41, 5.74) is 3.08. The zero-order valence-corrected chi connectivity index (χ0v) is 15.1. The van der Waals surface area contributed by atoms with Gasteiger partial charge in [0, 0.05) is 19.3 Å². The van der Waals surface area contributed by atoms with Crippen LogP contribution in [-0.2, 0) is 29.5 Å². The van der Waals surface area contributed by atoms with Crippen molar-refractivity contribution >= 4 is 10.0 Å². The molecule has 0 bridgehead atoms. The molecule has 5 nitrogen and oxygen atoms in total. The van der Waals surface area contributed by atoms with Crippen molar-refractivity contribution in [1.29, 1.82) is 0 Å². The van der Waals surface area contributed by atoms with Crippen molar-refractivity contribution in [1.82, 2.24) is 14.2 Å². The maximum atomic E-state index is 13.1. The second-order valence-corrected chi connectivity index (χ2v) is 8.77. The average Bonchev–Trinajstić information content (AvgIpc) is 3.14. The lowest BCUT2D eigenvalue weighted by molar-refractivity contribution is 0.331. The molecule has 2 aliphatic heterocycles. The summed E-state index contributed by atoms with van der Waals surface area (Å²) >= 11 is 0.